The number of hydrogen-bond acceptors (Lipinski definition) is 2. The Morgan fingerprint density at radius 1 is 1.00 bits per heavy atom. The van der Waals surface area contributed by atoms with E-state index in [9.17, 15) is 17.6 Å². The van der Waals surface area contributed by atoms with Crippen molar-refractivity contribution < 1.29 is 17.6 Å². The second-order valence-corrected chi connectivity index (χ2v) is 4.46. The van der Waals surface area contributed by atoms with Gasteiger partial charge in [0.15, 0.2) is 0 Å². The minimum Gasteiger partial charge on any atom is -0.399 e. The zero-order valence-electron chi connectivity index (χ0n) is 9.93. The molecule has 0 aromatic heterocycles. The van der Waals surface area contributed by atoms with Crippen LogP contribution in [0.5, 0.6) is 0 Å². The molecule has 0 atom stereocenters. The molecular formula is C13H9ClF4N2. The second kappa shape index (κ2) is 5.20. The van der Waals surface area contributed by atoms with Gasteiger partial charge in [0.2, 0.25) is 0 Å². The normalized spacial score (nSPS) is 11.4. The van der Waals surface area contributed by atoms with Gasteiger partial charge in [0.05, 0.1) is 22.0 Å². The fourth-order valence-corrected chi connectivity index (χ4v) is 1.86. The minimum absolute atomic E-state index is 0.00641. The van der Waals surface area contributed by atoms with Crippen LogP contribution in [0.3, 0.4) is 0 Å². The molecule has 20 heavy (non-hydrogen) atoms. The topological polar surface area (TPSA) is 38.0 Å². The third-order valence-corrected chi connectivity index (χ3v) is 2.86. The van der Waals surface area contributed by atoms with Crippen molar-refractivity contribution in [1.29, 1.82) is 0 Å². The molecule has 0 amide bonds. The van der Waals surface area contributed by atoms with Gasteiger partial charge in [-0.2, -0.15) is 13.2 Å². The van der Waals surface area contributed by atoms with Crippen LogP contribution in [-0.4, -0.2) is 0 Å². The molecule has 0 fully saturated rings. The van der Waals surface area contributed by atoms with E-state index in [-0.39, 0.29) is 22.1 Å². The molecule has 7 heteroatoms. The fourth-order valence-electron chi connectivity index (χ4n) is 1.64. The number of nitrogens with one attached hydrogen (secondary N) is 1. The Morgan fingerprint density at radius 3 is 2.25 bits per heavy atom. The van der Waals surface area contributed by atoms with Crippen LogP contribution in [0.15, 0.2) is 36.4 Å². The Bertz CT molecular complexity index is 641. The summed E-state index contributed by atoms with van der Waals surface area (Å²) in [7, 11) is 0. The second-order valence-electron chi connectivity index (χ2n) is 4.05. The number of benzene rings is 2. The van der Waals surface area contributed by atoms with Crippen molar-refractivity contribution in [3.8, 4) is 0 Å². The molecule has 0 radical (unpaired) electrons. The average Bonchev–Trinajstić information content (AvgIpc) is 2.33. The highest BCUT2D eigenvalue weighted by Crippen LogP contribution is 2.38. The van der Waals surface area contributed by atoms with Crippen LogP contribution >= 0.6 is 11.6 Å². The number of nitrogen functional groups attached to an aromatic ring is 1. The Morgan fingerprint density at radius 2 is 1.65 bits per heavy atom. The molecule has 0 heterocycles. The Hall–Kier alpha value is -1.95. The van der Waals surface area contributed by atoms with Gasteiger partial charge in [0.1, 0.15) is 5.82 Å². The quantitative estimate of drug-likeness (QED) is 0.616. The van der Waals surface area contributed by atoms with Gasteiger partial charge < -0.3 is 11.1 Å². The fraction of sp³-hybridized carbons (Fsp3) is 0.0769. The average molecular weight is 305 g/mol. The van der Waals surface area contributed by atoms with Gasteiger partial charge in [0.25, 0.3) is 0 Å². The number of alkyl halides is 3. The van der Waals surface area contributed by atoms with E-state index in [1.807, 2.05) is 0 Å². The van der Waals surface area contributed by atoms with E-state index in [2.05, 4.69) is 5.32 Å². The first-order valence-electron chi connectivity index (χ1n) is 5.46. The molecule has 3 N–H and O–H groups in total. The Kier molecular flexibility index (Phi) is 3.76. The Labute approximate surface area is 117 Å². The van der Waals surface area contributed by atoms with Crippen molar-refractivity contribution in [2.45, 2.75) is 6.18 Å². The zero-order chi connectivity index (χ0) is 14.9. The highest BCUT2D eigenvalue weighted by atomic mass is 35.5. The molecule has 2 rings (SSSR count). The zero-order valence-corrected chi connectivity index (χ0v) is 10.7. The third kappa shape index (κ3) is 3.14. The predicted octanol–water partition coefficient (Wildman–Crippen LogP) is 4.82. The van der Waals surface area contributed by atoms with Gasteiger partial charge in [-0.1, -0.05) is 11.6 Å². The van der Waals surface area contributed by atoms with Gasteiger partial charge in [-0.05, 0) is 36.4 Å². The van der Waals surface area contributed by atoms with Crippen LogP contribution in [0.2, 0.25) is 5.02 Å². The number of rotatable bonds is 2. The van der Waals surface area contributed by atoms with Crippen molar-refractivity contribution in [3.05, 3.63) is 52.8 Å². The van der Waals surface area contributed by atoms with Crippen molar-refractivity contribution in [2.24, 2.45) is 0 Å². The summed E-state index contributed by atoms with van der Waals surface area (Å²) in [5.74, 6) is -0.575. The van der Waals surface area contributed by atoms with Crippen LogP contribution in [0.4, 0.5) is 34.6 Å². The molecule has 106 valence electrons. The predicted molar refractivity (Wildman–Crippen MR) is 70.5 cm³/mol. The van der Waals surface area contributed by atoms with Gasteiger partial charge in [0, 0.05) is 5.69 Å². The summed E-state index contributed by atoms with van der Waals surface area (Å²) in [6.07, 6.45) is -4.57. The van der Waals surface area contributed by atoms with Crippen LogP contribution in [0, 0.1) is 5.82 Å². The van der Waals surface area contributed by atoms with E-state index in [1.165, 1.54) is 18.2 Å². The summed E-state index contributed by atoms with van der Waals surface area (Å²) in [6.45, 7) is 0. The van der Waals surface area contributed by atoms with E-state index in [0.29, 0.717) is 0 Å². The molecule has 2 nitrogen and oxygen atoms in total. The van der Waals surface area contributed by atoms with Crippen molar-refractivity contribution in [2.75, 3.05) is 11.1 Å². The highest BCUT2D eigenvalue weighted by molar-refractivity contribution is 6.33. The highest BCUT2D eigenvalue weighted by Gasteiger charge is 2.33. The molecule has 0 aliphatic rings. The van der Waals surface area contributed by atoms with E-state index >= 15 is 0 Å². The lowest BCUT2D eigenvalue weighted by atomic mass is 10.1. The summed E-state index contributed by atoms with van der Waals surface area (Å²) in [5, 5.41) is 2.51. The van der Waals surface area contributed by atoms with Gasteiger partial charge in [-0.3, -0.25) is 0 Å². The molecule has 0 aliphatic carbocycles. The van der Waals surface area contributed by atoms with Gasteiger partial charge in [-0.15, -0.1) is 0 Å². The maximum Gasteiger partial charge on any atom is 0.418 e. The monoisotopic (exact) mass is 304 g/mol. The van der Waals surface area contributed by atoms with Crippen LogP contribution in [0.1, 0.15) is 5.56 Å². The lowest BCUT2D eigenvalue weighted by molar-refractivity contribution is -0.136. The van der Waals surface area contributed by atoms with Crippen LogP contribution < -0.4 is 11.1 Å². The largest absolute Gasteiger partial charge is 0.418 e. The van der Waals surface area contributed by atoms with Crippen molar-refractivity contribution in [1.82, 2.24) is 0 Å². The minimum atomic E-state index is -4.57. The number of anilines is 3. The molecule has 0 saturated heterocycles. The summed E-state index contributed by atoms with van der Waals surface area (Å²) in [4.78, 5) is 0. The van der Waals surface area contributed by atoms with Crippen LogP contribution in [0.25, 0.3) is 0 Å². The van der Waals surface area contributed by atoms with Gasteiger partial charge >= 0.3 is 6.18 Å². The molecule has 0 unspecified atom stereocenters. The molecule has 0 saturated carbocycles. The third-order valence-electron chi connectivity index (χ3n) is 2.55. The molecule has 2 aromatic rings. The van der Waals surface area contributed by atoms with E-state index in [4.69, 9.17) is 17.3 Å². The lowest BCUT2D eigenvalue weighted by Gasteiger charge is -2.16. The maximum atomic E-state index is 12.9. The number of hydrogen-bond donors (Lipinski definition) is 2. The summed E-state index contributed by atoms with van der Waals surface area (Å²) in [5.41, 5.74) is 4.40. The SMILES string of the molecule is Nc1ccc(Nc2ccc(F)cc2Cl)c(C(F)(F)F)c1. The van der Waals surface area contributed by atoms with Gasteiger partial charge in [-0.25, -0.2) is 4.39 Å². The molecule has 0 bridgehead atoms. The molecule has 2 aromatic carbocycles. The Balaban J connectivity index is 2.43. The summed E-state index contributed by atoms with van der Waals surface area (Å²) < 4.78 is 51.6. The van der Waals surface area contributed by atoms with Crippen molar-refractivity contribution in [3.63, 3.8) is 0 Å². The first kappa shape index (κ1) is 14.5. The molecular weight excluding hydrogens is 296 g/mol. The van der Waals surface area contributed by atoms with E-state index in [0.717, 1.165) is 18.2 Å². The molecule has 0 aliphatic heterocycles. The maximum absolute atomic E-state index is 12.9. The standard InChI is InChI=1S/C13H9ClF4N2/c14-10-5-7(15)1-3-12(10)20-11-4-2-8(19)6-9(11)13(16,17)18/h1-6,20H,19H2. The smallest absolute Gasteiger partial charge is 0.399 e. The molecule has 0 spiro atoms. The van der Waals surface area contributed by atoms with Crippen molar-refractivity contribution >= 4 is 28.7 Å². The van der Waals surface area contributed by atoms with E-state index < -0.39 is 17.6 Å². The summed E-state index contributed by atoms with van der Waals surface area (Å²) >= 11 is 5.77. The van der Waals surface area contributed by atoms with Crippen LogP contribution in [-0.2, 0) is 6.18 Å². The first-order valence-corrected chi connectivity index (χ1v) is 5.84. The number of halogens is 5. The lowest BCUT2D eigenvalue weighted by Crippen LogP contribution is -2.09. The first-order chi connectivity index (χ1) is 9.27. The van der Waals surface area contributed by atoms with E-state index in [1.54, 1.807) is 0 Å². The summed E-state index contributed by atoms with van der Waals surface area (Å²) in [6, 6.07) is 6.70. The number of nitrogens with two attached hydrogens (primary N) is 1.